The number of amides is 2. The summed E-state index contributed by atoms with van der Waals surface area (Å²) in [4.78, 5) is 23.0. The van der Waals surface area contributed by atoms with Crippen LogP contribution in [-0.2, 0) is 9.59 Å². The van der Waals surface area contributed by atoms with Crippen LogP contribution in [0.25, 0.3) is 0 Å². The lowest BCUT2D eigenvalue weighted by Gasteiger charge is -2.41. The number of hydrogen-bond donors (Lipinski definition) is 2. The van der Waals surface area contributed by atoms with Gasteiger partial charge in [0.05, 0.1) is 5.41 Å². The zero-order valence-electron chi connectivity index (χ0n) is 8.08. The third kappa shape index (κ3) is 1.33. The van der Waals surface area contributed by atoms with Gasteiger partial charge in [0.25, 0.3) is 5.91 Å². The van der Waals surface area contributed by atoms with Gasteiger partial charge >= 0.3 is 0 Å². The molecule has 2 aliphatic heterocycles. The molecule has 1 spiro atoms. The van der Waals surface area contributed by atoms with Crippen molar-refractivity contribution in [1.82, 2.24) is 10.3 Å². The Morgan fingerprint density at radius 3 is 2.79 bits per heavy atom. The van der Waals surface area contributed by atoms with E-state index in [2.05, 4.69) is 5.32 Å². The first-order valence-corrected chi connectivity index (χ1v) is 4.98. The maximum Gasteiger partial charge on any atom is 0.251 e. The molecule has 1 unspecified atom stereocenters. The number of nitrogens with one attached hydrogen (secondary N) is 1. The van der Waals surface area contributed by atoms with Crippen molar-refractivity contribution < 1.29 is 9.59 Å². The summed E-state index contributed by atoms with van der Waals surface area (Å²) in [6.45, 7) is 1.61. The van der Waals surface area contributed by atoms with Crippen LogP contribution in [0.4, 0.5) is 0 Å². The van der Waals surface area contributed by atoms with Gasteiger partial charge in [-0.1, -0.05) is 0 Å². The number of nitrogens with two attached hydrogens (primary N) is 1. The van der Waals surface area contributed by atoms with Crippen molar-refractivity contribution >= 4 is 11.8 Å². The SMILES string of the molecule is NN1C(=O)CCC2(CCCNC2)C1=O. The van der Waals surface area contributed by atoms with Crippen LogP contribution in [0.15, 0.2) is 0 Å². The molecule has 0 aromatic rings. The lowest BCUT2D eigenvalue weighted by molar-refractivity contribution is -0.159. The van der Waals surface area contributed by atoms with Crippen LogP contribution >= 0.6 is 0 Å². The molecule has 78 valence electrons. The molecule has 2 rings (SSSR count). The first kappa shape index (κ1) is 9.61. The van der Waals surface area contributed by atoms with E-state index in [0.717, 1.165) is 24.4 Å². The zero-order chi connectivity index (χ0) is 10.2. The van der Waals surface area contributed by atoms with E-state index in [1.807, 2.05) is 0 Å². The molecule has 2 saturated heterocycles. The zero-order valence-corrected chi connectivity index (χ0v) is 8.08. The van der Waals surface area contributed by atoms with Crippen molar-refractivity contribution in [3.8, 4) is 0 Å². The Morgan fingerprint density at radius 1 is 1.36 bits per heavy atom. The van der Waals surface area contributed by atoms with E-state index in [9.17, 15) is 9.59 Å². The predicted octanol–water partition coefficient (Wildman–Crippen LogP) is -0.621. The largest absolute Gasteiger partial charge is 0.316 e. The predicted molar refractivity (Wildman–Crippen MR) is 49.8 cm³/mol. The average molecular weight is 197 g/mol. The molecule has 0 aliphatic carbocycles. The molecule has 3 N–H and O–H groups in total. The Labute approximate surface area is 82.6 Å². The fourth-order valence-corrected chi connectivity index (χ4v) is 2.31. The first-order chi connectivity index (χ1) is 6.66. The van der Waals surface area contributed by atoms with E-state index in [1.54, 1.807) is 0 Å². The maximum atomic E-state index is 11.9. The maximum absolute atomic E-state index is 11.9. The number of carbonyl (C=O) groups is 2. The smallest absolute Gasteiger partial charge is 0.251 e. The topological polar surface area (TPSA) is 75.4 Å². The van der Waals surface area contributed by atoms with E-state index in [-0.39, 0.29) is 11.8 Å². The van der Waals surface area contributed by atoms with E-state index < -0.39 is 5.41 Å². The lowest BCUT2D eigenvalue weighted by atomic mass is 9.74. The molecular formula is C9H15N3O2. The van der Waals surface area contributed by atoms with Crippen molar-refractivity contribution in [2.24, 2.45) is 11.3 Å². The molecule has 2 amide bonds. The van der Waals surface area contributed by atoms with Gasteiger partial charge in [-0.25, -0.2) is 10.9 Å². The van der Waals surface area contributed by atoms with Gasteiger partial charge in [-0.3, -0.25) is 9.59 Å². The number of hydrazine groups is 1. The second-order valence-corrected chi connectivity index (χ2v) is 4.13. The second-order valence-electron chi connectivity index (χ2n) is 4.13. The van der Waals surface area contributed by atoms with Crippen molar-refractivity contribution in [3.05, 3.63) is 0 Å². The van der Waals surface area contributed by atoms with Gasteiger partial charge in [0.15, 0.2) is 0 Å². The van der Waals surface area contributed by atoms with Crippen LogP contribution in [0.5, 0.6) is 0 Å². The van der Waals surface area contributed by atoms with Gasteiger partial charge in [0.1, 0.15) is 0 Å². The molecule has 2 fully saturated rings. The first-order valence-electron chi connectivity index (χ1n) is 4.98. The van der Waals surface area contributed by atoms with Gasteiger partial charge in [0, 0.05) is 13.0 Å². The highest BCUT2D eigenvalue weighted by Gasteiger charge is 2.46. The highest BCUT2D eigenvalue weighted by atomic mass is 16.2. The Bertz CT molecular complexity index is 271. The van der Waals surface area contributed by atoms with Crippen LogP contribution in [0.1, 0.15) is 25.7 Å². The molecule has 1 atom stereocenters. The van der Waals surface area contributed by atoms with Crippen LogP contribution in [0.2, 0.25) is 0 Å². The van der Waals surface area contributed by atoms with Gasteiger partial charge in [-0.15, -0.1) is 0 Å². The molecule has 0 radical (unpaired) electrons. The summed E-state index contributed by atoms with van der Waals surface area (Å²) in [6, 6.07) is 0. The molecule has 0 aromatic carbocycles. The van der Waals surface area contributed by atoms with Crippen LogP contribution in [0, 0.1) is 5.41 Å². The lowest BCUT2D eigenvalue weighted by Crippen LogP contribution is -2.59. The van der Waals surface area contributed by atoms with Gasteiger partial charge in [-0.2, -0.15) is 0 Å². The molecule has 14 heavy (non-hydrogen) atoms. The van der Waals surface area contributed by atoms with Crippen LogP contribution in [-0.4, -0.2) is 29.9 Å². The minimum Gasteiger partial charge on any atom is -0.316 e. The summed E-state index contributed by atoms with van der Waals surface area (Å²) in [5, 5.41) is 4.00. The Balaban J connectivity index is 2.19. The Hall–Kier alpha value is -0.940. The summed E-state index contributed by atoms with van der Waals surface area (Å²) in [5.74, 6) is 4.97. The number of rotatable bonds is 0. The summed E-state index contributed by atoms with van der Waals surface area (Å²) < 4.78 is 0. The quantitative estimate of drug-likeness (QED) is 0.308. The van der Waals surface area contributed by atoms with Crippen LogP contribution < -0.4 is 11.2 Å². The normalized spacial score (nSPS) is 33.9. The van der Waals surface area contributed by atoms with Crippen molar-refractivity contribution in [1.29, 1.82) is 0 Å². The minimum absolute atomic E-state index is 0.207. The summed E-state index contributed by atoms with van der Waals surface area (Å²) in [7, 11) is 0. The number of carbonyl (C=O) groups excluding carboxylic acids is 2. The Kier molecular flexibility index (Phi) is 2.28. The fraction of sp³-hybridized carbons (Fsp3) is 0.778. The van der Waals surface area contributed by atoms with Gasteiger partial charge in [0.2, 0.25) is 5.91 Å². The molecule has 0 bridgehead atoms. The second kappa shape index (κ2) is 3.33. The standard InChI is InChI=1S/C9H15N3O2/c10-12-7(13)2-4-9(8(12)14)3-1-5-11-6-9/h11H,1-6,10H2. The Morgan fingerprint density at radius 2 is 2.14 bits per heavy atom. The monoisotopic (exact) mass is 197 g/mol. The third-order valence-corrected chi connectivity index (χ3v) is 3.23. The summed E-state index contributed by atoms with van der Waals surface area (Å²) in [5.41, 5.74) is -0.402. The highest BCUT2D eigenvalue weighted by Crippen LogP contribution is 2.36. The third-order valence-electron chi connectivity index (χ3n) is 3.23. The van der Waals surface area contributed by atoms with E-state index in [4.69, 9.17) is 5.84 Å². The van der Waals surface area contributed by atoms with Crippen molar-refractivity contribution in [2.45, 2.75) is 25.7 Å². The molecular weight excluding hydrogens is 182 g/mol. The molecule has 5 heteroatoms. The number of piperidine rings is 2. The average Bonchev–Trinajstić information content (AvgIpc) is 2.23. The molecule has 0 aromatic heterocycles. The fourth-order valence-electron chi connectivity index (χ4n) is 2.31. The van der Waals surface area contributed by atoms with E-state index >= 15 is 0 Å². The van der Waals surface area contributed by atoms with E-state index in [1.165, 1.54) is 0 Å². The van der Waals surface area contributed by atoms with Gasteiger partial charge < -0.3 is 5.32 Å². The van der Waals surface area contributed by atoms with E-state index in [0.29, 0.717) is 19.4 Å². The van der Waals surface area contributed by atoms with Crippen molar-refractivity contribution in [2.75, 3.05) is 13.1 Å². The number of hydrogen-bond acceptors (Lipinski definition) is 4. The minimum atomic E-state index is -0.402. The molecule has 5 nitrogen and oxygen atoms in total. The molecule has 0 saturated carbocycles. The molecule has 2 aliphatic rings. The highest BCUT2D eigenvalue weighted by molar-refractivity contribution is 6.00. The number of nitrogens with zero attached hydrogens (tertiary/aromatic N) is 1. The summed E-state index contributed by atoms with van der Waals surface area (Å²) >= 11 is 0. The van der Waals surface area contributed by atoms with Crippen molar-refractivity contribution in [3.63, 3.8) is 0 Å². The van der Waals surface area contributed by atoms with Crippen LogP contribution in [0.3, 0.4) is 0 Å². The van der Waals surface area contributed by atoms with Gasteiger partial charge in [-0.05, 0) is 25.8 Å². The number of imide groups is 1. The summed E-state index contributed by atoms with van der Waals surface area (Å²) in [6.07, 6.45) is 2.86. The molecule has 2 heterocycles.